The van der Waals surface area contributed by atoms with Gasteiger partial charge < -0.3 is 14.7 Å². The largest absolute Gasteiger partial charge is 0.451 e. The summed E-state index contributed by atoms with van der Waals surface area (Å²) >= 11 is 5.89. The number of anilines is 1. The van der Waals surface area contributed by atoms with Gasteiger partial charge in [0.05, 0.1) is 0 Å². The van der Waals surface area contributed by atoms with Crippen LogP contribution in [0.1, 0.15) is 16.2 Å². The number of benzene rings is 2. The summed E-state index contributed by atoms with van der Waals surface area (Å²) < 4.78 is 5.67. The fourth-order valence-electron chi connectivity index (χ4n) is 2.78. The number of amides is 1. The molecule has 0 bridgehead atoms. The highest BCUT2D eigenvalue weighted by atomic mass is 35.5. The van der Waals surface area contributed by atoms with Crippen molar-refractivity contribution >= 4 is 34.1 Å². The van der Waals surface area contributed by atoms with Gasteiger partial charge in [0.15, 0.2) is 5.76 Å². The number of rotatable bonds is 3. The summed E-state index contributed by atoms with van der Waals surface area (Å²) in [4.78, 5) is 15.7. The van der Waals surface area contributed by atoms with Crippen LogP contribution in [-0.2, 0) is 0 Å². The van der Waals surface area contributed by atoms with E-state index in [-0.39, 0.29) is 11.7 Å². The van der Waals surface area contributed by atoms with Crippen molar-refractivity contribution in [2.75, 3.05) is 5.32 Å². The normalized spacial score (nSPS) is 11.0. The lowest BCUT2D eigenvalue weighted by Crippen LogP contribution is -2.10. The predicted molar refractivity (Wildman–Crippen MR) is 100 cm³/mol. The number of furan rings is 1. The molecule has 2 heterocycles. The van der Waals surface area contributed by atoms with E-state index < -0.39 is 0 Å². The van der Waals surface area contributed by atoms with Gasteiger partial charge in [0, 0.05) is 32.9 Å². The molecule has 0 aliphatic heterocycles. The third kappa shape index (κ3) is 3.16. The van der Waals surface area contributed by atoms with Gasteiger partial charge in [0.2, 0.25) is 0 Å². The average molecular weight is 351 g/mol. The summed E-state index contributed by atoms with van der Waals surface area (Å²) in [5.41, 5.74) is 3.71. The van der Waals surface area contributed by atoms with Crippen LogP contribution in [0.2, 0.25) is 5.02 Å². The molecule has 0 spiro atoms. The molecule has 4 aromatic rings. The van der Waals surface area contributed by atoms with E-state index in [1.165, 1.54) is 0 Å². The standard InChI is InChI=1S/C20H15ClN2O2/c1-12-10-14-11-16(6-7-17(14)22-12)23-20(24)19-9-8-18(25-19)13-2-4-15(21)5-3-13/h2-11,22H,1H3,(H,23,24). The van der Waals surface area contributed by atoms with Gasteiger partial charge in [-0.25, -0.2) is 0 Å². The van der Waals surface area contributed by atoms with Gasteiger partial charge in [-0.1, -0.05) is 11.6 Å². The lowest BCUT2D eigenvalue weighted by molar-refractivity contribution is 0.0997. The van der Waals surface area contributed by atoms with E-state index in [0.717, 1.165) is 27.8 Å². The SMILES string of the molecule is Cc1cc2cc(NC(=O)c3ccc(-c4ccc(Cl)cc4)o3)ccc2[nH]1. The number of aryl methyl sites for hydroxylation is 1. The van der Waals surface area contributed by atoms with Crippen molar-refractivity contribution in [2.24, 2.45) is 0 Å². The van der Waals surface area contributed by atoms with Crippen molar-refractivity contribution in [3.05, 3.63) is 77.1 Å². The Hall–Kier alpha value is -2.98. The van der Waals surface area contributed by atoms with Crippen LogP contribution in [0.5, 0.6) is 0 Å². The van der Waals surface area contributed by atoms with Crippen molar-refractivity contribution < 1.29 is 9.21 Å². The monoisotopic (exact) mass is 350 g/mol. The molecule has 0 aliphatic carbocycles. The Bertz CT molecular complexity index is 1060. The Kier molecular flexibility index (Phi) is 3.82. The van der Waals surface area contributed by atoms with Gasteiger partial charge in [0.1, 0.15) is 5.76 Å². The molecule has 0 unspecified atom stereocenters. The van der Waals surface area contributed by atoms with Crippen molar-refractivity contribution in [1.29, 1.82) is 0 Å². The number of carbonyl (C=O) groups excluding carboxylic acids is 1. The highest BCUT2D eigenvalue weighted by Gasteiger charge is 2.13. The number of halogens is 1. The molecule has 0 saturated heterocycles. The van der Waals surface area contributed by atoms with Crippen molar-refractivity contribution in [3.63, 3.8) is 0 Å². The highest BCUT2D eigenvalue weighted by Crippen LogP contribution is 2.25. The Morgan fingerprint density at radius 3 is 2.64 bits per heavy atom. The first-order chi connectivity index (χ1) is 12.1. The van der Waals surface area contributed by atoms with Gasteiger partial charge in [-0.3, -0.25) is 4.79 Å². The van der Waals surface area contributed by atoms with Gasteiger partial charge in [-0.05, 0) is 67.6 Å². The maximum atomic E-state index is 12.4. The molecule has 0 atom stereocenters. The molecule has 0 aliphatic rings. The van der Waals surface area contributed by atoms with Crippen LogP contribution in [0.15, 0.2) is 65.1 Å². The maximum absolute atomic E-state index is 12.4. The molecule has 124 valence electrons. The van der Waals surface area contributed by atoms with Crippen LogP contribution in [0.3, 0.4) is 0 Å². The molecule has 0 saturated carbocycles. The Morgan fingerprint density at radius 2 is 1.84 bits per heavy atom. The van der Waals surface area contributed by atoms with Gasteiger partial charge >= 0.3 is 0 Å². The zero-order valence-corrected chi connectivity index (χ0v) is 14.2. The Labute approximate surface area is 149 Å². The van der Waals surface area contributed by atoms with E-state index in [4.69, 9.17) is 16.0 Å². The summed E-state index contributed by atoms with van der Waals surface area (Å²) in [7, 11) is 0. The van der Waals surface area contributed by atoms with Gasteiger partial charge in [-0.15, -0.1) is 0 Å². The summed E-state index contributed by atoms with van der Waals surface area (Å²) in [6.45, 7) is 2.00. The van der Waals surface area contributed by atoms with Crippen LogP contribution in [0.25, 0.3) is 22.2 Å². The number of fused-ring (bicyclic) bond motifs is 1. The fraction of sp³-hybridized carbons (Fsp3) is 0.0500. The van der Waals surface area contributed by atoms with E-state index in [9.17, 15) is 4.79 Å². The van der Waals surface area contributed by atoms with Crippen LogP contribution in [-0.4, -0.2) is 10.9 Å². The van der Waals surface area contributed by atoms with Crippen LogP contribution >= 0.6 is 11.6 Å². The predicted octanol–water partition coefficient (Wildman–Crippen LogP) is 5.64. The topological polar surface area (TPSA) is 58.0 Å². The van der Waals surface area contributed by atoms with E-state index in [2.05, 4.69) is 10.3 Å². The molecule has 0 fully saturated rings. The van der Waals surface area contributed by atoms with E-state index in [1.54, 1.807) is 24.3 Å². The number of nitrogens with one attached hydrogen (secondary N) is 2. The summed E-state index contributed by atoms with van der Waals surface area (Å²) in [6.07, 6.45) is 0. The van der Waals surface area contributed by atoms with Crippen molar-refractivity contribution in [3.8, 4) is 11.3 Å². The second-order valence-corrected chi connectivity index (χ2v) is 6.32. The highest BCUT2D eigenvalue weighted by molar-refractivity contribution is 6.30. The lowest BCUT2D eigenvalue weighted by Gasteiger charge is -2.03. The average Bonchev–Trinajstić information content (AvgIpc) is 3.21. The second-order valence-electron chi connectivity index (χ2n) is 5.88. The molecule has 25 heavy (non-hydrogen) atoms. The molecule has 4 nitrogen and oxygen atoms in total. The van der Waals surface area contributed by atoms with Crippen molar-refractivity contribution in [2.45, 2.75) is 6.92 Å². The third-order valence-corrected chi connectivity index (χ3v) is 4.22. The Morgan fingerprint density at radius 1 is 1.04 bits per heavy atom. The van der Waals surface area contributed by atoms with Gasteiger partial charge in [-0.2, -0.15) is 0 Å². The number of carbonyl (C=O) groups is 1. The smallest absolute Gasteiger partial charge is 0.291 e. The fourth-order valence-corrected chi connectivity index (χ4v) is 2.90. The molecule has 2 N–H and O–H groups in total. The first kappa shape index (κ1) is 15.5. The summed E-state index contributed by atoms with van der Waals surface area (Å²) in [6, 6.07) is 18.5. The molecule has 5 heteroatoms. The minimum Gasteiger partial charge on any atom is -0.451 e. The first-order valence-electron chi connectivity index (χ1n) is 7.85. The Balaban J connectivity index is 1.55. The van der Waals surface area contributed by atoms with Crippen LogP contribution in [0.4, 0.5) is 5.69 Å². The maximum Gasteiger partial charge on any atom is 0.291 e. The zero-order chi connectivity index (χ0) is 17.4. The number of aromatic amines is 1. The molecular formula is C20H15ClN2O2. The molecule has 4 rings (SSSR count). The number of aromatic nitrogens is 1. The molecular weight excluding hydrogens is 336 g/mol. The second kappa shape index (κ2) is 6.15. The van der Waals surface area contributed by atoms with Crippen molar-refractivity contribution in [1.82, 2.24) is 4.98 Å². The zero-order valence-electron chi connectivity index (χ0n) is 13.5. The quantitative estimate of drug-likeness (QED) is 0.502. The minimum absolute atomic E-state index is 0.260. The third-order valence-electron chi connectivity index (χ3n) is 3.97. The molecule has 1 amide bonds. The van der Waals surface area contributed by atoms with E-state index >= 15 is 0 Å². The number of hydrogen-bond donors (Lipinski definition) is 2. The van der Waals surface area contributed by atoms with Crippen LogP contribution in [0, 0.1) is 6.92 Å². The molecule has 0 radical (unpaired) electrons. The first-order valence-corrected chi connectivity index (χ1v) is 8.23. The summed E-state index contributed by atoms with van der Waals surface area (Å²) in [5, 5.41) is 4.57. The molecule has 2 aromatic carbocycles. The molecule has 2 aromatic heterocycles. The summed E-state index contributed by atoms with van der Waals surface area (Å²) in [5.74, 6) is 0.598. The number of hydrogen-bond acceptors (Lipinski definition) is 2. The number of H-pyrrole nitrogens is 1. The van der Waals surface area contributed by atoms with E-state index in [0.29, 0.717) is 10.8 Å². The van der Waals surface area contributed by atoms with Gasteiger partial charge in [0.25, 0.3) is 5.91 Å². The lowest BCUT2D eigenvalue weighted by atomic mass is 10.2. The van der Waals surface area contributed by atoms with E-state index in [1.807, 2.05) is 43.3 Å². The van der Waals surface area contributed by atoms with Crippen LogP contribution < -0.4 is 5.32 Å². The minimum atomic E-state index is -0.285.